The monoisotopic (exact) mass is 229 g/mol. The Morgan fingerprint density at radius 2 is 1.93 bits per heavy atom. The van der Waals surface area contributed by atoms with Crippen LogP contribution in [-0.4, -0.2) is 9.78 Å². The van der Waals surface area contributed by atoms with Crippen molar-refractivity contribution in [2.75, 3.05) is 5.73 Å². The lowest BCUT2D eigenvalue weighted by Gasteiger charge is -2.01. The van der Waals surface area contributed by atoms with Crippen LogP contribution < -0.4 is 5.73 Å². The lowest BCUT2D eigenvalue weighted by molar-refractivity contribution is 0.528. The fraction of sp³-hybridized carbons (Fsp3) is 0.727. The van der Waals surface area contributed by atoms with E-state index in [1.54, 1.807) is 6.20 Å². The molecule has 0 bridgehead atoms. The number of hydrogen-bond donors (Lipinski definition) is 1. The summed E-state index contributed by atoms with van der Waals surface area (Å²) < 4.78 is 1.83. The van der Waals surface area contributed by atoms with Crippen molar-refractivity contribution in [3.05, 3.63) is 11.2 Å². The minimum Gasteiger partial charge on any atom is -0.381 e. The first-order valence-electron chi connectivity index (χ1n) is 5.72. The molecule has 4 heteroatoms. The van der Waals surface area contributed by atoms with Crippen molar-refractivity contribution in [1.29, 1.82) is 0 Å². The van der Waals surface area contributed by atoms with Gasteiger partial charge in [-0.15, -0.1) is 0 Å². The lowest BCUT2D eigenvalue weighted by Crippen LogP contribution is -1.99. The van der Waals surface area contributed by atoms with Crippen LogP contribution >= 0.6 is 11.6 Å². The number of rotatable bonds is 7. The summed E-state index contributed by atoms with van der Waals surface area (Å²) in [5, 5.41) is 4.66. The van der Waals surface area contributed by atoms with Crippen LogP contribution in [0.25, 0.3) is 0 Å². The number of nitrogens with two attached hydrogens (primary N) is 1. The Bertz CT molecular complexity index is 264. The van der Waals surface area contributed by atoms with E-state index in [1.165, 1.54) is 32.1 Å². The zero-order valence-electron chi connectivity index (χ0n) is 9.38. The van der Waals surface area contributed by atoms with Gasteiger partial charge in [0.1, 0.15) is 5.02 Å². The van der Waals surface area contributed by atoms with Crippen LogP contribution in [0.15, 0.2) is 6.20 Å². The molecule has 86 valence electrons. The molecule has 0 aliphatic heterocycles. The number of nitrogen functional groups attached to an aromatic ring is 1. The minimum atomic E-state index is 0.433. The lowest BCUT2D eigenvalue weighted by atomic mass is 10.1. The third kappa shape index (κ3) is 4.56. The molecule has 0 aromatic carbocycles. The molecule has 3 nitrogen and oxygen atoms in total. The third-order valence-electron chi connectivity index (χ3n) is 2.48. The van der Waals surface area contributed by atoms with Gasteiger partial charge in [0.25, 0.3) is 0 Å². The summed E-state index contributed by atoms with van der Waals surface area (Å²) in [7, 11) is 0. The predicted molar refractivity (Wildman–Crippen MR) is 65.0 cm³/mol. The largest absolute Gasteiger partial charge is 0.381 e. The predicted octanol–water partition coefficient (Wildman–Crippen LogP) is 3.48. The highest BCUT2D eigenvalue weighted by Gasteiger charge is 2.01. The molecule has 15 heavy (non-hydrogen) atoms. The van der Waals surface area contributed by atoms with E-state index in [0.717, 1.165) is 13.0 Å². The van der Waals surface area contributed by atoms with Gasteiger partial charge < -0.3 is 5.73 Å². The van der Waals surface area contributed by atoms with E-state index < -0.39 is 0 Å². The minimum absolute atomic E-state index is 0.433. The summed E-state index contributed by atoms with van der Waals surface area (Å²) in [6.07, 6.45) is 9.52. The van der Waals surface area contributed by atoms with Crippen molar-refractivity contribution in [3.8, 4) is 0 Å². The average molecular weight is 230 g/mol. The SMILES string of the molecule is CCCCCCCCn1cc(Cl)c(N)n1. The van der Waals surface area contributed by atoms with Gasteiger partial charge in [-0.1, -0.05) is 50.6 Å². The van der Waals surface area contributed by atoms with Crippen molar-refractivity contribution >= 4 is 17.4 Å². The van der Waals surface area contributed by atoms with Crippen LogP contribution in [0.5, 0.6) is 0 Å². The van der Waals surface area contributed by atoms with Crippen LogP contribution in [0.3, 0.4) is 0 Å². The quantitative estimate of drug-likeness (QED) is 0.728. The Morgan fingerprint density at radius 3 is 2.53 bits per heavy atom. The smallest absolute Gasteiger partial charge is 0.164 e. The molecule has 0 saturated carbocycles. The molecule has 2 N–H and O–H groups in total. The van der Waals surface area contributed by atoms with Crippen molar-refractivity contribution in [3.63, 3.8) is 0 Å². The van der Waals surface area contributed by atoms with E-state index in [0.29, 0.717) is 10.8 Å². The topological polar surface area (TPSA) is 43.8 Å². The summed E-state index contributed by atoms with van der Waals surface area (Å²) in [5.74, 6) is 0.433. The molecule has 0 atom stereocenters. The van der Waals surface area contributed by atoms with Gasteiger partial charge in [0.15, 0.2) is 5.82 Å². The Hall–Kier alpha value is -0.700. The first kappa shape index (κ1) is 12.4. The van der Waals surface area contributed by atoms with Crippen LogP contribution in [0.1, 0.15) is 45.4 Å². The first-order valence-corrected chi connectivity index (χ1v) is 6.10. The highest BCUT2D eigenvalue weighted by atomic mass is 35.5. The molecule has 0 radical (unpaired) electrons. The molecule has 0 fully saturated rings. The standard InChI is InChI=1S/C11H20ClN3/c1-2-3-4-5-6-7-8-15-9-10(12)11(13)14-15/h9H,2-8H2,1H3,(H2,13,14). The number of unbranched alkanes of at least 4 members (excludes halogenated alkanes) is 5. The molecule has 0 saturated heterocycles. The van der Waals surface area contributed by atoms with E-state index in [-0.39, 0.29) is 0 Å². The molecule has 0 amide bonds. The third-order valence-corrected chi connectivity index (χ3v) is 2.78. The van der Waals surface area contributed by atoms with E-state index in [2.05, 4.69) is 12.0 Å². The van der Waals surface area contributed by atoms with Gasteiger partial charge in [0.2, 0.25) is 0 Å². The molecule has 1 aromatic rings. The number of aromatic nitrogens is 2. The van der Waals surface area contributed by atoms with Gasteiger partial charge in [-0.2, -0.15) is 5.10 Å². The van der Waals surface area contributed by atoms with Crippen LogP contribution in [0, 0.1) is 0 Å². The molecule has 0 aliphatic rings. The molecular formula is C11H20ClN3. The highest BCUT2D eigenvalue weighted by Crippen LogP contribution is 2.15. The molecule has 0 spiro atoms. The normalized spacial score (nSPS) is 10.8. The van der Waals surface area contributed by atoms with Gasteiger partial charge >= 0.3 is 0 Å². The Morgan fingerprint density at radius 1 is 1.27 bits per heavy atom. The Kier molecular flexibility index (Phi) is 5.54. The highest BCUT2D eigenvalue weighted by molar-refractivity contribution is 6.32. The number of aryl methyl sites for hydroxylation is 1. The van der Waals surface area contributed by atoms with Crippen molar-refractivity contribution in [1.82, 2.24) is 9.78 Å². The molecular weight excluding hydrogens is 210 g/mol. The number of hydrogen-bond acceptors (Lipinski definition) is 2. The fourth-order valence-corrected chi connectivity index (χ4v) is 1.73. The van der Waals surface area contributed by atoms with Gasteiger partial charge in [-0.3, -0.25) is 4.68 Å². The fourth-order valence-electron chi connectivity index (χ4n) is 1.58. The van der Waals surface area contributed by atoms with E-state index in [9.17, 15) is 0 Å². The van der Waals surface area contributed by atoms with E-state index >= 15 is 0 Å². The molecule has 1 rings (SSSR count). The maximum Gasteiger partial charge on any atom is 0.164 e. The number of halogens is 1. The zero-order valence-corrected chi connectivity index (χ0v) is 10.1. The Labute approximate surface area is 96.6 Å². The van der Waals surface area contributed by atoms with Crippen LogP contribution in [0.4, 0.5) is 5.82 Å². The Balaban J connectivity index is 2.10. The zero-order chi connectivity index (χ0) is 11.1. The second kappa shape index (κ2) is 6.72. The maximum absolute atomic E-state index is 5.80. The molecule has 1 aromatic heterocycles. The van der Waals surface area contributed by atoms with Crippen molar-refractivity contribution in [2.24, 2.45) is 0 Å². The van der Waals surface area contributed by atoms with Crippen LogP contribution in [0.2, 0.25) is 5.02 Å². The van der Waals surface area contributed by atoms with Gasteiger partial charge in [0.05, 0.1) is 0 Å². The van der Waals surface area contributed by atoms with Crippen molar-refractivity contribution in [2.45, 2.75) is 52.0 Å². The molecule has 0 unspecified atom stereocenters. The van der Waals surface area contributed by atoms with Gasteiger partial charge in [-0.05, 0) is 6.42 Å². The number of anilines is 1. The summed E-state index contributed by atoms with van der Waals surface area (Å²) in [5.41, 5.74) is 5.55. The van der Waals surface area contributed by atoms with E-state index in [1.807, 2.05) is 4.68 Å². The first-order chi connectivity index (χ1) is 7.24. The van der Waals surface area contributed by atoms with Crippen LogP contribution in [-0.2, 0) is 6.54 Å². The van der Waals surface area contributed by atoms with Gasteiger partial charge in [0, 0.05) is 12.7 Å². The summed E-state index contributed by atoms with van der Waals surface area (Å²) in [6, 6.07) is 0. The second-order valence-corrected chi connectivity index (χ2v) is 4.30. The number of nitrogens with zero attached hydrogens (tertiary/aromatic N) is 2. The molecule has 0 aliphatic carbocycles. The molecule has 1 heterocycles. The summed E-state index contributed by atoms with van der Waals surface area (Å²) in [6.45, 7) is 3.15. The summed E-state index contributed by atoms with van der Waals surface area (Å²) in [4.78, 5) is 0. The van der Waals surface area contributed by atoms with Gasteiger partial charge in [-0.25, -0.2) is 0 Å². The summed E-state index contributed by atoms with van der Waals surface area (Å²) >= 11 is 5.80. The van der Waals surface area contributed by atoms with E-state index in [4.69, 9.17) is 17.3 Å². The maximum atomic E-state index is 5.80. The second-order valence-electron chi connectivity index (χ2n) is 3.89. The van der Waals surface area contributed by atoms with Crippen molar-refractivity contribution < 1.29 is 0 Å². The average Bonchev–Trinajstić information content (AvgIpc) is 2.52.